The van der Waals surface area contributed by atoms with Crippen molar-refractivity contribution in [2.75, 3.05) is 6.61 Å². The van der Waals surface area contributed by atoms with Crippen molar-refractivity contribution in [3.8, 4) is 17.9 Å². The van der Waals surface area contributed by atoms with Gasteiger partial charge in [-0.05, 0) is 48.0 Å². The number of carboxylic acid groups (broad SMARTS) is 1. The van der Waals surface area contributed by atoms with Crippen LogP contribution in [0.15, 0.2) is 78.9 Å². The molecule has 0 spiro atoms. The Bertz CT molecular complexity index is 1190. The lowest BCUT2D eigenvalue weighted by Crippen LogP contribution is -2.44. The van der Waals surface area contributed by atoms with Crippen molar-refractivity contribution < 1.29 is 19.4 Å². The number of carbonyl (C=O) groups excluding carboxylic acids is 1. The topological polar surface area (TPSA) is 114 Å². The molecule has 0 radical (unpaired) electrons. The van der Waals surface area contributed by atoms with Crippen molar-refractivity contribution in [3.05, 3.63) is 101 Å². The summed E-state index contributed by atoms with van der Waals surface area (Å²) in [6, 6.07) is 25.2. The Morgan fingerprint density at radius 1 is 0.909 bits per heavy atom. The van der Waals surface area contributed by atoms with Crippen LogP contribution in [0.25, 0.3) is 0 Å². The second-order valence-corrected chi connectivity index (χ2v) is 7.31. The first-order valence-electron chi connectivity index (χ1n) is 10.2. The molecule has 1 N–H and O–H groups in total. The van der Waals surface area contributed by atoms with E-state index in [2.05, 4.69) is 0 Å². The third-order valence-corrected chi connectivity index (χ3v) is 4.97. The lowest BCUT2D eigenvalue weighted by molar-refractivity contribution is -0.138. The van der Waals surface area contributed by atoms with Gasteiger partial charge in [-0.2, -0.15) is 10.5 Å². The second kappa shape index (κ2) is 11.1. The van der Waals surface area contributed by atoms with Gasteiger partial charge in [0.25, 0.3) is 5.91 Å². The zero-order valence-corrected chi connectivity index (χ0v) is 17.7. The van der Waals surface area contributed by atoms with Gasteiger partial charge < -0.3 is 14.7 Å². The molecule has 1 atom stereocenters. The van der Waals surface area contributed by atoms with Crippen LogP contribution in [0.3, 0.4) is 0 Å². The largest absolute Gasteiger partial charge is 0.491 e. The van der Waals surface area contributed by atoms with Crippen molar-refractivity contribution in [2.45, 2.75) is 19.0 Å². The summed E-state index contributed by atoms with van der Waals surface area (Å²) in [5, 5.41) is 27.6. The molecule has 0 aliphatic rings. The Kier molecular flexibility index (Phi) is 7.77. The highest BCUT2D eigenvalue weighted by Crippen LogP contribution is 2.19. The summed E-state index contributed by atoms with van der Waals surface area (Å²) in [5.41, 5.74) is 2.01. The van der Waals surface area contributed by atoms with Gasteiger partial charge in [0.05, 0.1) is 35.7 Å². The number of carboxylic acids is 1. The number of hydrogen-bond acceptors (Lipinski definition) is 5. The zero-order chi connectivity index (χ0) is 23.6. The minimum atomic E-state index is -1.07. The van der Waals surface area contributed by atoms with E-state index in [1.165, 1.54) is 4.90 Å². The fourth-order valence-corrected chi connectivity index (χ4v) is 3.31. The summed E-state index contributed by atoms with van der Waals surface area (Å²) in [6.07, 6.45) is -0.327. The standard InChI is InChI=1S/C26H21N3O4/c27-15-19-9-11-22(12-10-19)26(32)29(17-20-5-2-1-3-6-20)23(14-25(30)31)18-33-24-8-4-7-21(13-24)16-28/h1-13,23H,14,17-18H2,(H,30,31)/t23-/m1/s1. The van der Waals surface area contributed by atoms with E-state index in [0.29, 0.717) is 22.4 Å². The van der Waals surface area contributed by atoms with E-state index >= 15 is 0 Å². The maximum atomic E-state index is 13.4. The van der Waals surface area contributed by atoms with Crippen LogP contribution >= 0.6 is 0 Å². The number of aliphatic carboxylic acids is 1. The average molecular weight is 439 g/mol. The van der Waals surface area contributed by atoms with E-state index in [1.54, 1.807) is 48.5 Å². The lowest BCUT2D eigenvalue weighted by Gasteiger charge is -2.31. The number of benzene rings is 3. The van der Waals surface area contributed by atoms with Crippen molar-refractivity contribution in [1.82, 2.24) is 4.90 Å². The van der Waals surface area contributed by atoms with E-state index in [0.717, 1.165) is 5.56 Å². The molecule has 0 aliphatic heterocycles. The van der Waals surface area contributed by atoms with Gasteiger partial charge in [-0.3, -0.25) is 9.59 Å². The normalized spacial score (nSPS) is 11.0. The fourth-order valence-electron chi connectivity index (χ4n) is 3.31. The Hall–Kier alpha value is -4.62. The van der Waals surface area contributed by atoms with Crippen LogP contribution in [0, 0.1) is 22.7 Å². The molecule has 33 heavy (non-hydrogen) atoms. The van der Waals surface area contributed by atoms with E-state index < -0.39 is 12.0 Å². The predicted molar refractivity (Wildman–Crippen MR) is 120 cm³/mol. The van der Waals surface area contributed by atoms with Gasteiger partial charge in [-0.15, -0.1) is 0 Å². The van der Waals surface area contributed by atoms with E-state index in [-0.39, 0.29) is 25.5 Å². The van der Waals surface area contributed by atoms with E-state index in [9.17, 15) is 14.7 Å². The summed E-state index contributed by atoms with van der Waals surface area (Å²) < 4.78 is 5.80. The second-order valence-electron chi connectivity index (χ2n) is 7.31. The quantitative estimate of drug-likeness (QED) is 0.539. The van der Waals surface area contributed by atoms with Crippen LogP contribution < -0.4 is 4.74 Å². The average Bonchev–Trinajstić information content (AvgIpc) is 2.85. The molecule has 7 nitrogen and oxygen atoms in total. The Balaban J connectivity index is 1.91. The SMILES string of the molecule is N#Cc1ccc(C(=O)N(Cc2ccccc2)[C@@H](COc2cccc(C#N)c2)CC(=O)O)cc1. The third-order valence-electron chi connectivity index (χ3n) is 4.97. The number of amides is 1. The monoisotopic (exact) mass is 439 g/mol. The summed E-state index contributed by atoms with van der Waals surface area (Å²) in [7, 11) is 0. The molecule has 164 valence electrons. The maximum absolute atomic E-state index is 13.4. The predicted octanol–water partition coefficient (Wildman–Crippen LogP) is 3.99. The highest BCUT2D eigenvalue weighted by atomic mass is 16.5. The molecule has 0 saturated carbocycles. The van der Waals surface area contributed by atoms with Crippen LogP contribution in [0.4, 0.5) is 0 Å². The molecule has 3 rings (SSSR count). The van der Waals surface area contributed by atoms with Crippen LogP contribution in [0.5, 0.6) is 5.75 Å². The number of ether oxygens (including phenoxy) is 1. The molecule has 0 unspecified atom stereocenters. The molecule has 0 bridgehead atoms. The number of nitrogens with zero attached hydrogens (tertiary/aromatic N) is 3. The first kappa shape index (κ1) is 23.1. The Morgan fingerprint density at radius 3 is 2.24 bits per heavy atom. The third kappa shape index (κ3) is 6.43. The molecule has 1 amide bonds. The molecule has 0 saturated heterocycles. The summed E-state index contributed by atoms with van der Waals surface area (Å²) in [4.78, 5) is 26.6. The van der Waals surface area contributed by atoms with Gasteiger partial charge in [0.2, 0.25) is 0 Å². The van der Waals surface area contributed by atoms with Gasteiger partial charge >= 0.3 is 5.97 Å². The van der Waals surface area contributed by atoms with Crippen molar-refractivity contribution >= 4 is 11.9 Å². The molecule has 0 fully saturated rings. The number of carbonyl (C=O) groups is 2. The van der Waals surface area contributed by atoms with Gasteiger partial charge in [0.15, 0.2) is 0 Å². The van der Waals surface area contributed by atoms with Crippen LogP contribution in [0.2, 0.25) is 0 Å². The molecule has 7 heteroatoms. The van der Waals surface area contributed by atoms with Crippen molar-refractivity contribution in [3.63, 3.8) is 0 Å². The number of hydrogen-bond donors (Lipinski definition) is 1. The zero-order valence-electron chi connectivity index (χ0n) is 17.7. The lowest BCUT2D eigenvalue weighted by atomic mass is 10.1. The fraction of sp³-hybridized carbons (Fsp3) is 0.154. The minimum absolute atomic E-state index is 0.0734. The maximum Gasteiger partial charge on any atom is 0.305 e. The van der Waals surface area contributed by atoms with Gasteiger partial charge in [-0.25, -0.2) is 0 Å². The first-order valence-corrected chi connectivity index (χ1v) is 10.2. The van der Waals surface area contributed by atoms with Gasteiger partial charge in [-0.1, -0.05) is 36.4 Å². The van der Waals surface area contributed by atoms with E-state index in [1.807, 2.05) is 42.5 Å². The summed E-state index contributed by atoms with van der Waals surface area (Å²) in [6.45, 7) is 0.106. The van der Waals surface area contributed by atoms with Crippen molar-refractivity contribution in [2.24, 2.45) is 0 Å². The molecular weight excluding hydrogens is 418 g/mol. The number of nitriles is 2. The molecule has 0 aliphatic carbocycles. The van der Waals surface area contributed by atoms with Crippen LogP contribution in [0.1, 0.15) is 33.5 Å². The summed E-state index contributed by atoms with van der Waals surface area (Å²) in [5.74, 6) is -1.03. The minimum Gasteiger partial charge on any atom is -0.491 e. The smallest absolute Gasteiger partial charge is 0.305 e. The highest BCUT2D eigenvalue weighted by molar-refractivity contribution is 5.94. The Morgan fingerprint density at radius 2 is 1.61 bits per heavy atom. The molecule has 3 aromatic rings. The highest BCUT2D eigenvalue weighted by Gasteiger charge is 2.28. The van der Waals surface area contributed by atoms with Crippen LogP contribution in [-0.4, -0.2) is 34.5 Å². The van der Waals surface area contributed by atoms with E-state index in [4.69, 9.17) is 15.3 Å². The Labute approximate surface area is 191 Å². The first-order chi connectivity index (χ1) is 16.0. The molecule has 0 aromatic heterocycles. The molecular formula is C26H21N3O4. The summed E-state index contributed by atoms with van der Waals surface area (Å²) >= 11 is 0. The van der Waals surface area contributed by atoms with Gasteiger partial charge in [0, 0.05) is 12.1 Å². The molecule has 3 aromatic carbocycles. The molecule has 0 heterocycles. The van der Waals surface area contributed by atoms with Crippen molar-refractivity contribution in [1.29, 1.82) is 10.5 Å². The van der Waals surface area contributed by atoms with Gasteiger partial charge in [0.1, 0.15) is 12.4 Å². The number of rotatable bonds is 9. The van der Waals surface area contributed by atoms with Crippen LogP contribution in [-0.2, 0) is 11.3 Å².